The molecule has 2 aromatic rings. The van der Waals surface area contributed by atoms with Gasteiger partial charge in [0.2, 0.25) is 0 Å². The van der Waals surface area contributed by atoms with Crippen LogP contribution >= 0.6 is 0 Å². The lowest BCUT2D eigenvalue weighted by atomic mass is 10.1. The average molecular weight is 273 g/mol. The molecule has 106 valence electrons. The molecule has 0 aliphatic rings. The number of benzene rings is 1. The van der Waals surface area contributed by atoms with E-state index in [-0.39, 0.29) is 0 Å². The van der Waals surface area contributed by atoms with E-state index in [1.165, 1.54) is 5.56 Å². The fourth-order valence-electron chi connectivity index (χ4n) is 1.94. The molecule has 0 atom stereocenters. The van der Waals surface area contributed by atoms with Crippen LogP contribution in [-0.2, 0) is 6.42 Å². The number of hydrogen-bond acceptors (Lipinski definition) is 5. The van der Waals surface area contributed by atoms with E-state index in [0.29, 0.717) is 0 Å². The van der Waals surface area contributed by atoms with Gasteiger partial charge in [0, 0.05) is 18.9 Å². The van der Waals surface area contributed by atoms with Gasteiger partial charge >= 0.3 is 0 Å². The van der Waals surface area contributed by atoms with Crippen molar-refractivity contribution in [3.8, 4) is 11.5 Å². The van der Waals surface area contributed by atoms with Gasteiger partial charge in [0.25, 0.3) is 0 Å². The molecule has 0 aliphatic heterocycles. The van der Waals surface area contributed by atoms with E-state index in [9.17, 15) is 0 Å². The Morgan fingerprint density at radius 1 is 1.05 bits per heavy atom. The highest BCUT2D eigenvalue weighted by Crippen LogP contribution is 2.27. The Hall–Kier alpha value is -2.30. The lowest BCUT2D eigenvalue weighted by Gasteiger charge is -2.10. The summed E-state index contributed by atoms with van der Waals surface area (Å²) in [7, 11) is 3.28. The van der Waals surface area contributed by atoms with Gasteiger partial charge < -0.3 is 14.8 Å². The van der Waals surface area contributed by atoms with E-state index in [4.69, 9.17) is 9.47 Å². The highest BCUT2D eigenvalue weighted by atomic mass is 16.5. The van der Waals surface area contributed by atoms with Crippen LogP contribution in [0.1, 0.15) is 11.3 Å². The number of nitrogens with zero attached hydrogens (tertiary/aromatic N) is 2. The molecule has 1 N–H and O–H groups in total. The van der Waals surface area contributed by atoms with Crippen molar-refractivity contribution < 1.29 is 9.47 Å². The molecular formula is C15H19N3O2. The van der Waals surface area contributed by atoms with Crippen molar-refractivity contribution in [2.24, 2.45) is 0 Å². The van der Waals surface area contributed by atoms with Crippen LogP contribution in [0.3, 0.4) is 0 Å². The average Bonchev–Trinajstić information content (AvgIpc) is 2.49. The minimum atomic E-state index is 0.744. The summed E-state index contributed by atoms with van der Waals surface area (Å²) in [5.41, 5.74) is 2.08. The summed E-state index contributed by atoms with van der Waals surface area (Å²) in [5, 5.41) is 3.28. The smallest absolute Gasteiger partial charge is 0.160 e. The van der Waals surface area contributed by atoms with Crippen LogP contribution in [0, 0.1) is 6.92 Å². The molecule has 1 aromatic carbocycles. The zero-order chi connectivity index (χ0) is 14.4. The van der Waals surface area contributed by atoms with Crippen molar-refractivity contribution in [3.63, 3.8) is 0 Å². The van der Waals surface area contributed by atoms with E-state index < -0.39 is 0 Å². The zero-order valence-corrected chi connectivity index (χ0v) is 12.0. The first kappa shape index (κ1) is 14.1. The van der Waals surface area contributed by atoms with Crippen molar-refractivity contribution in [1.29, 1.82) is 0 Å². The molecule has 0 aliphatic carbocycles. The predicted octanol–water partition coefficient (Wildman–Crippen LogP) is 2.46. The Bertz CT molecular complexity index is 573. The fourth-order valence-corrected chi connectivity index (χ4v) is 1.94. The molecule has 2 rings (SSSR count). The number of nitrogens with one attached hydrogen (secondary N) is 1. The third-order valence-corrected chi connectivity index (χ3v) is 3.04. The zero-order valence-electron chi connectivity index (χ0n) is 12.0. The quantitative estimate of drug-likeness (QED) is 0.876. The van der Waals surface area contributed by atoms with Crippen molar-refractivity contribution in [2.45, 2.75) is 13.3 Å². The first-order valence-corrected chi connectivity index (χ1v) is 6.47. The van der Waals surface area contributed by atoms with E-state index in [1.807, 2.05) is 25.1 Å². The van der Waals surface area contributed by atoms with Gasteiger partial charge in [-0.1, -0.05) is 6.07 Å². The number of anilines is 1. The maximum atomic E-state index is 5.29. The number of ether oxygens (including phenoxy) is 2. The SMILES string of the molecule is COc1ccc(CCNc2nccnc2C)cc1OC. The standard InChI is InChI=1S/C15H19N3O2/c1-11-15(18-9-8-16-11)17-7-6-12-4-5-13(19-2)14(10-12)20-3/h4-5,8-10H,6-7H2,1-3H3,(H,17,18). The molecule has 0 bridgehead atoms. The summed E-state index contributed by atoms with van der Waals surface area (Å²) in [6, 6.07) is 5.94. The normalized spacial score (nSPS) is 10.2. The maximum absolute atomic E-state index is 5.29. The Balaban J connectivity index is 1.96. The van der Waals surface area contributed by atoms with E-state index in [0.717, 1.165) is 36.0 Å². The second-order valence-corrected chi connectivity index (χ2v) is 4.36. The van der Waals surface area contributed by atoms with Crippen molar-refractivity contribution >= 4 is 5.82 Å². The molecule has 5 nitrogen and oxygen atoms in total. The summed E-state index contributed by atoms with van der Waals surface area (Å²) in [6.07, 6.45) is 4.25. The van der Waals surface area contributed by atoms with Crippen LogP contribution in [0.15, 0.2) is 30.6 Å². The van der Waals surface area contributed by atoms with Gasteiger partial charge in [0.1, 0.15) is 5.82 Å². The number of rotatable bonds is 6. The Kier molecular flexibility index (Phi) is 4.76. The first-order chi connectivity index (χ1) is 9.74. The summed E-state index contributed by atoms with van der Waals surface area (Å²) >= 11 is 0. The Morgan fingerprint density at radius 2 is 1.80 bits per heavy atom. The van der Waals surface area contributed by atoms with Crippen LogP contribution in [-0.4, -0.2) is 30.7 Å². The molecule has 20 heavy (non-hydrogen) atoms. The lowest BCUT2D eigenvalue weighted by Crippen LogP contribution is -2.08. The monoisotopic (exact) mass is 273 g/mol. The van der Waals surface area contributed by atoms with Crippen molar-refractivity contribution in [2.75, 3.05) is 26.1 Å². The largest absolute Gasteiger partial charge is 0.493 e. The summed E-state index contributed by atoms with van der Waals surface area (Å²) < 4.78 is 10.5. The Morgan fingerprint density at radius 3 is 2.50 bits per heavy atom. The van der Waals surface area contributed by atoms with Crippen molar-refractivity contribution in [3.05, 3.63) is 41.9 Å². The van der Waals surface area contributed by atoms with Crippen LogP contribution in [0.25, 0.3) is 0 Å². The summed E-state index contributed by atoms with van der Waals surface area (Å²) in [6.45, 7) is 2.72. The van der Waals surface area contributed by atoms with E-state index in [2.05, 4.69) is 15.3 Å². The van der Waals surface area contributed by atoms with Gasteiger partial charge in [0.15, 0.2) is 11.5 Å². The van der Waals surface area contributed by atoms with Crippen LogP contribution in [0.4, 0.5) is 5.82 Å². The topological polar surface area (TPSA) is 56.3 Å². The van der Waals surface area contributed by atoms with Gasteiger partial charge in [-0.3, -0.25) is 4.98 Å². The second kappa shape index (κ2) is 6.75. The van der Waals surface area contributed by atoms with Gasteiger partial charge in [-0.2, -0.15) is 0 Å². The molecule has 1 aromatic heterocycles. The fraction of sp³-hybridized carbons (Fsp3) is 0.333. The van der Waals surface area contributed by atoms with Crippen LogP contribution in [0.5, 0.6) is 11.5 Å². The third-order valence-electron chi connectivity index (χ3n) is 3.04. The number of hydrogen-bond donors (Lipinski definition) is 1. The van der Waals surface area contributed by atoms with Crippen LogP contribution in [0.2, 0.25) is 0 Å². The third kappa shape index (κ3) is 3.38. The first-order valence-electron chi connectivity index (χ1n) is 6.47. The highest BCUT2D eigenvalue weighted by Gasteiger charge is 2.05. The molecule has 1 heterocycles. The highest BCUT2D eigenvalue weighted by molar-refractivity contribution is 5.43. The minimum absolute atomic E-state index is 0.744. The predicted molar refractivity (Wildman–Crippen MR) is 78.5 cm³/mol. The second-order valence-electron chi connectivity index (χ2n) is 4.36. The van der Waals surface area contributed by atoms with Gasteiger partial charge in [0.05, 0.1) is 19.9 Å². The molecule has 5 heteroatoms. The maximum Gasteiger partial charge on any atom is 0.160 e. The van der Waals surface area contributed by atoms with Crippen LogP contribution < -0.4 is 14.8 Å². The van der Waals surface area contributed by atoms with E-state index >= 15 is 0 Å². The van der Waals surface area contributed by atoms with Gasteiger partial charge in [-0.05, 0) is 31.0 Å². The number of aromatic nitrogens is 2. The molecule has 0 saturated carbocycles. The molecule has 0 fully saturated rings. The summed E-state index contributed by atoms with van der Waals surface area (Å²) in [5.74, 6) is 2.32. The molecular weight excluding hydrogens is 254 g/mol. The van der Waals surface area contributed by atoms with Gasteiger partial charge in [-0.25, -0.2) is 4.98 Å². The van der Waals surface area contributed by atoms with E-state index in [1.54, 1.807) is 26.6 Å². The molecule has 0 spiro atoms. The van der Waals surface area contributed by atoms with Crippen molar-refractivity contribution in [1.82, 2.24) is 9.97 Å². The lowest BCUT2D eigenvalue weighted by molar-refractivity contribution is 0.354. The molecule has 0 unspecified atom stereocenters. The van der Waals surface area contributed by atoms with Gasteiger partial charge in [-0.15, -0.1) is 0 Å². The molecule has 0 amide bonds. The molecule has 0 saturated heterocycles. The number of methoxy groups -OCH3 is 2. The minimum Gasteiger partial charge on any atom is -0.493 e. The number of aryl methyl sites for hydroxylation is 1. The summed E-state index contributed by atoms with van der Waals surface area (Å²) in [4.78, 5) is 8.45. The molecule has 0 radical (unpaired) electrons. The Labute approximate surface area is 119 Å².